The molecular weight excluding hydrogens is 456 g/mol. The lowest BCUT2D eigenvalue weighted by Crippen LogP contribution is -2.06. The third-order valence-corrected chi connectivity index (χ3v) is 6.31. The highest BCUT2D eigenvalue weighted by Crippen LogP contribution is 2.34. The average molecular weight is 481 g/mol. The number of fused-ring (bicyclic) bond motifs is 1. The van der Waals surface area contributed by atoms with Crippen LogP contribution < -0.4 is 5.32 Å². The van der Waals surface area contributed by atoms with Crippen LogP contribution in [0.4, 0.5) is 11.4 Å². The number of esters is 1. The third kappa shape index (κ3) is 4.93. The van der Waals surface area contributed by atoms with Gasteiger partial charge in [-0.05, 0) is 53.4 Å². The quantitative estimate of drug-likeness (QED) is 0.246. The zero-order valence-corrected chi connectivity index (χ0v) is 20.1. The van der Waals surface area contributed by atoms with E-state index in [0.717, 1.165) is 29.6 Å². The van der Waals surface area contributed by atoms with Crippen LogP contribution in [-0.2, 0) is 17.7 Å². The zero-order chi connectivity index (χ0) is 24.2. The second kappa shape index (κ2) is 10.1. The van der Waals surface area contributed by atoms with Crippen LogP contribution in [0.15, 0.2) is 103 Å². The molecular formula is C30H25ClN2O2. The lowest BCUT2D eigenvalue weighted by molar-refractivity contribution is 0.0602. The summed E-state index contributed by atoms with van der Waals surface area (Å²) >= 11 is 6.17. The van der Waals surface area contributed by atoms with Crippen LogP contribution in [0, 0.1) is 0 Å². The monoisotopic (exact) mass is 480 g/mol. The van der Waals surface area contributed by atoms with Crippen molar-refractivity contribution in [2.45, 2.75) is 13.0 Å². The number of nitrogens with zero attached hydrogens (tertiary/aromatic N) is 1. The number of benzene rings is 4. The standard InChI is InChI=1S/C30H25ClN2O2/c1-35-30(34)25-18-24(31)15-16-26(25)32-27-13-8-14-28-29(27)23(17-21-9-4-2-5-10-21)20-33(28)19-22-11-6-3-7-12-22/h2-16,18,20,32H,17,19H2,1H3. The van der Waals surface area contributed by atoms with Gasteiger partial charge in [0.2, 0.25) is 0 Å². The van der Waals surface area contributed by atoms with E-state index in [1.807, 2.05) is 30.3 Å². The van der Waals surface area contributed by atoms with E-state index in [0.29, 0.717) is 16.3 Å². The normalized spacial score (nSPS) is 10.9. The molecule has 35 heavy (non-hydrogen) atoms. The summed E-state index contributed by atoms with van der Waals surface area (Å²) in [5.74, 6) is -0.437. The molecule has 5 aromatic rings. The minimum Gasteiger partial charge on any atom is -0.465 e. The maximum absolute atomic E-state index is 12.4. The van der Waals surface area contributed by atoms with Crippen LogP contribution in [0.25, 0.3) is 10.9 Å². The van der Waals surface area contributed by atoms with Gasteiger partial charge in [0.25, 0.3) is 0 Å². The lowest BCUT2D eigenvalue weighted by Gasteiger charge is -2.14. The topological polar surface area (TPSA) is 43.3 Å². The van der Waals surface area contributed by atoms with Crippen LogP contribution in [0.2, 0.25) is 5.02 Å². The Kier molecular flexibility index (Phi) is 6.55. The van der Waals surface area contributed by atoms with E-state index in [1.165, 1.54) is 23.8 Å². The Balaban J connectivity index is 1.63. The molecule has 0 aliphatic heterocycles. The van der Waals surface area contributed by atoms with Crippen molar-refractivity contribution >= 4 is 39.8 Å². The van der Waals surface area contributed by atoms with Gasteiger partial charge in [0.15, 0.2) is 0 Å². The summed E-state index contributed by atoms with van der Waals surface area (Å²) in [7, 11) is 1.37. The Bertz CT molecular complexity index is 1480. The summed E-state index contributed by atoms with van der Waals surface area (Å²) in [5, 5.41) is 5.09. The summed E-state index contributed by atoms with van der Waals surface area (Å²) in [6, 6.07) is 32.3. The molecule has 1 N–H and O–H groups in total. The Morgan fingerprint density at radius 1 is 0.857 bits per heavy atom. The smallest absolute Gasteiger partial charge is 0.340 e. The van der Waals surface area contributed by atoms with E-state index in [1.54, 1.807) is 12.1 Å². The van der Waals surface area contributed by atoms with Crippen LogP contribution in [0.5, 0.6) is 0 Å². The van der Waals surface area contributed by atoms with Gasteiger partial charge >= 0.3 is 5.97 Å². The number of aromatic nitrogens is 1. The number of hydrogen-bond donors (Lipinski definition) is 1. The number of carbonyl (C=O) groups excluding carboxylic acids is 1. The van der Waals surface area contributed by atoms with Gasteiger partial charge in [-0.3, -0.25) is 0 Å². The van der Waals surface area contributed by atoms with Crippen molar-refractivity contribution in [1.29, 1.82) is 0 Å². The molecule has 4 nitrogen and oxygen atoms in total. The summed E-state index contributed by atoms with van der Waals surface area (Å²) in [6.45, 7) is 0.768. The van der Waals surface area contributed by atoms with Crippen LogP contribution in [-0.4, -0.2) is 17.6 Å². The van der Waals surface area contributed by atoms with E-state index < -0.39 is 5.97 Å². The number of methoxy groups -OCH3 is 1. The molecule has 0 atom stereocenters. The molecule has 0 bridgehead atoms. The molecule has 4 aromatic carbocycles. The van der Waals surface area contributed by atoms with Crippen molar-refractivity contribution in [3.05, 3.63) is 131 Å². The molecule has 0 aliphatic rings. The third-order valence-electron chi connectivity index (χ3n) is 6.07. The number of rotatable bonds is 7. The van der Waals surface area contributed by atoms with Crippen molar-refractivity contribution in [2.75, 3.05) is 12.4 Å². The molecule has 0 fully saturated rings. The first-order valence-corrected chi connectivity index (χ1v) is 11.8. The van der Waals surface area contributed by atoms with Gasteiger partial charge in [0.1, 0.15) is 0 Å². The zero-order valence-electron chi connectivity index (χ0n) is 19.4. The van der Waals surface area contributed by atoms with Crippen molar-refractivity contribution in [3.8, 4) is 0 Å². The second-order valence-electron chi connectivity index (χ2n) is 8.44. The van der Waals surface area contributed by atoms with Crippen LogP contribution >= 0.6 is 11.6 Å². The molecule has 0 aliphatic carbocycles. The maximum atomic E-state index is 12.4. The van der Waals surface area contributed by atoms with E-state index in [4.69, 9.17) is 16.3 Å². The lowest BCUT2D eigenvalue weighted by atomic mass is 10.0. The molecule has 0 spiro atoms. The Morgan fingerprint density at radius 2 is 1.57 bits per heavy atom. The number of anilines is 2. The fraction of sp³-hybridized carbons (Fsp3) is 0.100. The second-order valence-corrected chi connectivity index (χ2v) is 8.87. The molecule has 5 heteroatoms. The van der Waals surface area contributed by atoms with Gasteiger partial charge in [-0.25, -0.2) is 4.79 Å². The SMILES string of the molecule is COC(=O)c1cc(Cl)ccc1Nc1cccc2c1c(Cc1ccccc1)cn2Cc1ccccc1. The minimum absolute atomic E-state index is 0.394. The largest absolute Gasteiger partial charge is 0.465 e. The number of nitrogens with one attached hydrogen (secondary N) is 1. The first-order chi connectivity index (χ1) is 17.1. The van der Waals surface area contributed by atoms with Crippen molar-refractivity contribution in [3.63, 3.8) is 0 Å². The van der Waals surface area contributed by atoms with E-state index in [9.17, 15) is 4.79 Å². The first-order valence-electron chi connectivity index (χ1n) is 11.5. The summed E-state index contributed by atoms with van der Waals surface area (Å²) in [5.41, 5.74) is 6.77. The molecule has 0 unspecified atom stereocenters. The predicted molar refractivity (Wildman–Crippen MR) is 143 cm³/mol. The Morgan fingerprint density at radius 3 is 2.29 bits per heavy atom. The molecule has 1 aromatic heterocycles. The number of hydrogen-bond acceptors (Lipinski definition) is 3. The molecule has 0 amide bonds. The van der Waals surface area contributed by atoms with Gasteiger partial charge in [-0.2, -0.15) is 0 Å². The molecule has 0 saturated carbocycles. The highest BCUT2D eigenvalue weighted by molar-refractivity contribution is 6.31. The van der Waals surface area contributed by atoms with Gasteiger partial charge in [0, 0.05) is 28.8 Å². The van der Waals surface area contributed by atoms with Crippen LogP contribution in [0.3, 0.4) is 0 Å². The maximum Gasteiger partial charge on any atom is 0.340 e. The van der Waals surface area contributed by atoms with Crippen molar-refractivity contribution in [2.24, 2.45) is 0 Å². The van der Waals surface area contributed by atoms with E-state index in [2.05, 4.69) is 70.7 Å². The van der Waals surface area contributed by atoms with Gasteiger partial charge in [0.05, 0.1) is 23.9 Å². The predicted octanol–water partition coefficient (Wildman–Crippen LogP) is 7.46. The first kappa shape index (κ1) is 22.8. The fourth-order valence-electron chi connectivity index (χ4n) is 4.45. The molecule has 5 rings (SSSR count). The van der Waals surface area contributed by atoms with Gasteiger partial charge < -0.3 is 14.6 Å². The number of halogens is 1. The van der Waals surface area contributed by atoms with Gasteiger partial charge in [-0.15, -0.1) is 0 Å². The summed E-state index contributed by atoms with van der Waals surface area (Å²) in [6.07, 6.45) is 3.03. The summed E-state index contributed by atoms with van der Waals surface area (Å²) < 4.78 is 7.28. The minimum atomic E-state index is -0.437. The fourth-order valence-corrected chi connectivity index (χ4v) is 4.63. The molecule has 174 valence electrons. The summed E-state index contributed by atoms with van der Waals surface area (Å²) in [4.78, 5) is 12.4. The molecule has 0 radical (unpaired) electrons. The van der Waals surface area contributed by atoms with Crippen molar-refractivity contribution < 1.29 is 9.53 Å². The Hall–Kier alpha value is -4.02. The van der Waals surface area contributed by atoms with Crippen LogP contribution in [0.1, 0.15) is 27.0 Å². The van der Waals surface area contributed by atoms with E-state index >= 15 is 0 Å². The van der Waals surface area contributed by atoms with E-state index in [-0.39, 0.29) is 0 Å². The van der Waals surface area contributed by atoms with Gasteiger partial charge in [-0.1, -0.05) is 78.3 Å². The number of carbonyl (C=O) groups is 1. The highest BCUT2D eigenvalue weighted by Gasteiger charge is 2.17. The van der Waals surface area contributed by atoms with Crippen molar-refractivity contribution in [1.82, 2.24) is 4.57 Å². The average Bonchev–Trinajstić information content (AvgIpc) is 3.23. The molecule has 1 heterocycles. The highest BCUT2D eigenvalue weighted by atomic mass is 35.5. The Labute approximate surface area is 209 Å². The number of ether oxygens (including phenoxy) is 1. The molecule has 0 saturated heterocycles.